The van der Waals surface area contributed by atoms with Crippen molar-refractivity contribution in [2.45, 2.75) is 63.4 Å². The van der Waals surface area contributed by atoms with E-state index in [0.717, 1.165) is 49.8 Å². The Hall–Kier alpha value is -1.98. The lowest BCUT2D eigenvalue weighted by Crippen LogP contribution is -2.19. The SMILES string of the molecule is COc1ccc(C(=O)Nc2c(Cl)cncc2Cl)c(C2CCCC2)c1OC1CCCC1. The second kappa shape index (κ2) is 9.44. The molecule has 0 bridgehead atoms. The van der Waals surface area contributed by atoms with E-state index in [-0.39, 0.29) is 17.9 Å². The molecule has 1 aromatic heterocycles. The van der Waals surface area contributed by atoms with Gasteiger partial charge in [-0.2, -0.15) is 0 Å². The van der Waals surface area contributed by atoms with Crippen LogP contribution in [0.3, 0.4) is 0 Å². The highest BCUT2D eigenvalue weighted by atomic mass is 35.5. The van der Waals surface area contributed by atoms with E-state index in [1.165, 1.54) is 25.2 Å². The third kappa shape index (κ3) is 4.37. The van der Waals surface area contributed by atoms with E-state index < -0.39 is 0 Å². The second-order valence-corrected chi connectivity index (χ2v) is 8.81. The number of anilines is 1. The maximum atomic E-state index is 13.3. The first-order chi connectivity index (χ1) is 14.6. The largest absolute Gasteiger partial charge is 0.493 e. The van der Waals surface area contributed by atoms with Gasteiger partial charge in [0.25, 0.3) is 5.91 Å². The fourth-order valence-corrected chi connectivity index (χ4v) is 5.02. The number of carbonyl (C=O) groups is 1. The van der Waals surface area contributed by atoms with Crippen LogP contribution >= 0.6 is 23.2 Å². The summed E-state index contributed by atoms with van der Waals surface area (Å²) in [7, 11) is 1.64. The fraction of sp³-hybridized carbons (Fsp3) is 0.478. The zero-order valence-corrected chi connectivity index (χ0v) is 18.6. The van der Waals surface area contributed by atoms with Crippen LogP contribution in [0.4, 0.5) is 5.69 Å². The smallest absolute Gasteiger partial charge is 0.256 e. The summed E-state index contributed by atoms with van der Waals surface area (Å²) in [5, 5.41) is 3.48. The molecule has 1 amide bonds. The van der Waals surface area contributed by atoms with Crippen molar-refractivity contribution < 1.29 is 14.3 Å². The highest BCUT2D eigenvalue weighted by Crippen LogP contribution is 2.46. The molecule has 5 nitrogen and oxygen atoms in total. The first kappa shape index (κ1) is 21.3. The van der Waals surface area contributed by atoms with Gasteiger partial charge >= 0.3 is 0 Å². The third-order valence-corrected chi connectivity index (χ3v) is 6.64. The number of amides is 1. The minimum atomic E-state index is -0.258. The monoisotopic (exact) mass is 448 g/mol. The van der Waals surface area contributed by atoms with Crippen molar-refractivity contribution in [3.63, 3.8) is 0 Å². The molecule has 0 spiro atoms. The standard InChI is InChI=1S/C23H26Cl2N2O3/c1-29-19-11-10-16(23(28)27-21-17(24)12-26-13-18(21)25)20(14-6-2-3-7-14)22(19)30-15-8-4-5-9-15/h10-15H,2-9H2,1H3,(H,26,27,28). The lowest BCUT2D eigenvalue weighted by atomic mass is 9.90. The number of hydrogen-bond donors (Lipinski definition) is 1. The number of ether oxygens (including phenoxy) is 2. The zero-order valence-electron chi connectivity index (χ0n) is 17.0. The van der Waals surface area contributed by atoms with Gasteiger partial charge < -0.3 is 14.8 Å². The van der Waals surface area contributed by atoms with E-state index >= 15 is 0 Å². The Morgan fingerprint density at radius 2 is 1.67 bits per heavy atom. The number of benzene rings is 1. The summed E-state index contributed by atoms with van der Waals surface area (Å²) in [6.45, 7) is 0. The number of hydrogen-bond acceptors (Lipinski definition) is 4. The average molecular weight is 449 g/mol. The lowest BCUT2D eigenvalue weighted by molar-refractivity contribution is 0.102. The van der Waals surface area contributed by atoms with Gasteiger partial charge in [-0.05, 0) is 56.6 Å². The van der Waals surface area contributed by atoms with Crippen LogP contribution in [0.15, 0.2) is 24.5 Å². The predicted octanol–water partition coefficient (Wildman–Crippen LogP) is 6.63. The Labute approximate surface area is 187 Å². The highest BCUT2D eigenvalue weighted by Gasteiger charge is 2.31. The van der Waals surface area contributed by atoms with Crippen molar-refractivity contribution in [2.24, 2.45) is 0 Å². The van der Waals surface area contributed by atoms with Crippen molar-refractivity contribution in [2.75, 3.05) is 12.4 Å². The highest BCUT2D eigenvalue weighted by molar-refractivity contribution is 6.39. The molecule has 160 valence electrons. The second-order valence-electron chi connectivity index (χ2n) is 8.00. The van der Waals surface area contributed by atoms with Crippen LogP contribution in [0.2, 0.25) is 10.0 Å². The van der Waals surface area contributed by atoms with Crippen LogP contribution in [-0.4, -0.2) is 24.1 Å². The Bertz CT molecular complexity index is 903. The molecule has 2 aromatic rings. The normalized spacial score (nSPS) is 17.3. The first-order valence-electron chi connectivity index (χ1n) is 10.6. The summed E-state index contributed by atoms with van der Waals surface area (Å²) in [5.74, 6) is 1.41. The molecule has 30 heavy (non-hydrogen) atoms. The van der Waals surface area contributed by atoms with Crippen LogP contribution in [0.25, 0.3) is 0 Å². The zero-order chi connectivity index (χ0) is 21.1. The van der Waals surface area contributed by atoms with Gasteiger partial charge in [0.2, 0.25) is 0 Å². The summed E-state index contributed by atoms with van der Waals surface area (Å²) in [6.07, 6.45) is 11.9. The molecule has 2 aliphatic carbocycles. The minimum Gasteiger partial charge on any atom is -0.493 e. The van der Waals surface area contributed by atoms with Gasteiger partial charge in [0.1, 0.15) is 0 Å². The molecule has 2 aliphatic rings. The number of nitrogens with zero attached hydrogens (tertiary/aromatic N) is 1. The number of halogens is 2. The van der Waals surface area contributed by atoms with Gasteiger partial charge in [-0.25, -0.2) is 0 Å². The van der Waals surface area contributed by atoms with E-state index in [1.54, 1.807) is 7.11 Å². The molecule has 0 atom stereocenters. The molecule has 1 heterocycles. The van der Waals surface area contributed by atoms with Gasteiger partial charge in [0.15, 0.2) is 11.5 Å². The summed E-state index contributed by atoms with van der Waals surface area (Å²) in [5.41, 5.74) is 1.89. The molecule has 2 saturated carbocycles. The van der Waals surface area contributed by atoms with E-state index in [1.807, 2.05) is 12.1 Å². The Kier molecular flexibility index (Phi) is 6.69. The average Bonchev–Trinajstić information content (AvgIpc) is 3.44. The number of rotatable bonds is 6. The molecule has 0 radical (unpaired) electrons. The summed E-state index contributed by atoms with van der Waals surface area (Å²) >= 11 is 12.4. The topological polar surface area (TPSA) is 60.5 Å². The maximum absolute atomic E-state index is 13.3. The van der Waals surface area contributed by atoms with Crippen LogP contribution in [0.1, 0.15) is 73.2 Å². The quantitative estimate of drug-likeness (QED) is 0.538. The Balaban J connectivity index is 1.75. The van der Waals surface area contributed by atoms with E-state index in [2.05, 4.69) is 10.3 Å². The van der Waals surface area contributed by atoms with Crippen LogP contribution in [0.5, 0.6) is 11.5 Å². The van der Waals surface area contributed by atoms with Gasteiger partial charge in [-0.3, -0.25) is 9.78 Å². The van der Waals surface area contributed by atoms with Crippen molar-refractivity contribution in [1.29, 1.82) is 0 Å². The number of aromatic nitrogens is 1. The van der Waals surface area contributed by atoms with Crippen molar-refractivity contribution in [3.8, 4) is 11.5 Å². The minimum absolute atomic E-state index is 0.168. The third-order valence-electron chi connectivity index (χ3n) is 6.07. The van der Waals surface area contributed by atoms with Crippen molar-refractivity contribution in [1.82, 2.24) is 4.98 Å². The fourth-order valence-electron chi connectivity index (χ4n) is 4.56. The predicted molar refractivity (Wildman–Crippen MR) is 119 cm³/mol. The molecule has 1 aromatic carbocycles. The number of carbonyl (C=O) groups excluding carboxylic acids is 1. The molecule has 4 rings (SSSR count). The summed E-state index contributed by atoms with van der Waals surface area (Å²) in [6, 6.07) is 3.62. The molecule has 0 unspecified atom stereocenters. The number of pyridine rings is 1. The molecule has 0 aliphatic heterocycles. The molecular formula is C23H26Cl2N2O3. The summed E-state index contributed by atoms with van der Waals surface area (Å²) < 4.78 is 12.1. The molecular weight excluding hydrogens is 423 g/mol. The van der Waals surface area contributed by atoms with E-state index in [4.69, 9.17) is 32.7 Å². The van der Waals surface area contributed by atoms with Gasteiger partial charge in [-0.15, -0.1) is 0 Å². The number of nitrogens with one attached hydrogen (secondary N) is 1. The molecule has 2 fully saturated rings. The van der Waals surface area contributed by atoms with Gasteiger partial charge in [0.05, 0.1) is 28.9 Å². The van der Waals surface area contributed by atoms with Gasteiger partial charge in [0, 0.05) is 23.5 Å². The van der Waals surface area contributed by atoms with Gasteiger partial charge in [-0.1, -0.05) is 36.0 Å². The summed E-state index contributed by atoms with van der Waals surface area (Å²) in [4.78, 5) is 17.3. The molecule has 7 heteroatoms. The molecule has 0 saturated heterocycles. The number of methoxy groups -OCH3 is 1. The van der Waals surface area contributed by atoms with Crippen molar-refractivity contribution >= 4 is 34.8 Å². The Morgan fingerprint density at radius 3 is 2.30 bits per heavy atom. The van der Waals surface area contributed by atoms with Crippen LogP contribution < -0.4 is 14.8 Å². The van der Waals surface area contributed by atoms with Crippen LogP contribution in [-0.2, 0) is 0 Å². The maximum Gasteiger partial charge on any atom is 0.256 e. The van der Waals surface area contributed by atoms with Crippen molar-refractivity contribution in [3.05, 3.63) is 45.7 Å². The Morgan fingerprint density at radius 1 is 1.03 bits per heavy atom. The van der Waals surface area contributed by atoms with E-state index in [9.17, 15) is 4.79 Å². The van der Waals surface area contributed by atoms with E-state index in [0.29, 0.717) is 27.0 Å². The first-order valence-corrected chi connectivity index (χ1v) is 11.3. The lowest BCUT2D eigenvalue weighted by Gasteiger charge is -2.24. The van der Waals surface area contributed by atoms with Crippen LogP contribution in [0, 0.1) is 0 Å². The molecule has 1 N–H and O–H groups in total.